The van der Waals surface area contributed by atoms with E-state index in [-0.39, 0.29) is 5.95 Å². The maximum Gasteiger partial charge on any atom is 0.221 e. The van der Waals surface area contributed by atoms with Gasteiger partial charge in [0.1, 0.15) is 10.9 Å². The molecule has 18 heavy (non-hydrogen) atoms. The van der Waals surface area contributed by atoms with Gasteiger partial charge in [0.15, 0.2) is 5.16 Å². The van der Waals surface area contributed by atoms with Crippen LogP contribution in [0.5, 0.6) is 0 Å². The minimum absolute atomic E-state index is 0.288. The molecule has 2 aromatic rings. The first-order valence-corrected chi connectivity index (χ1v) is 6.83. The molecule has 0 bridgehead atoms. The molecule has 7 heteroatoms. The normalized spacial score (nSPS) is 15.1. The predicted molar refractivity (Wildman–Crippen MR) is 68.1 cm³/mol. The van der Waals surface area contributed by atoms with E-state index < -0.39 is 0 Å². The van der Waals surface area contributed by atoms with E-state index in [1.165, 1.54) is 31.0 Å². The van der Waals surface area contributed by atoms with Crippen molar-refractivity contribution in [3.8, 4) is 0 Å². The van der Waals surface area contributed by atoms with Crippen LogP contribution in [0.25, 0.3) is 0 Å². The molecule has 2 aromatic heterocycles. The molecule has 0 amide bonds. The largest absolute Gasteiger partial charge is 0.368 e. The van der Waals surface area contributed by atoms with Crippen molar-refractivity contribution in [2.75, 3.05) is 5.73 Å². The summed E-state index contributed by atoms with van der Waals surface area (Å²) in [4.78, 5) is 8.05. The second kappa shape index (κ2) is 4.93. The Morgan fingerprint density at radius 3 is 3.06 bits per heavy atom. The zero-order chi connectivity index (χ0) is 12.4. The lowest BCUT2D eigenvalue weighted by atomic mass is 10.2. The van der Waals surface area contributed by atoms with Crippen LogP contribution in [0.3, 0.4) is 0 Å². The van der Waals surface area contributed by atoms with Gasteiger partial charge in [0.05, 0.1) is 0 Å². The molecule has 0 unspecified atom stereocenters. The third-order valence-electron chi connectivity index (χ3n) is 2.92. The number of nitrogens with two attached hydrogens (primary N) is 1. The molecule has 3 rings (SSSR count). The number of fused-ring (bicyclic) bond motifs is 1. The van der Waals surface area contributed by atoms with Gasteiger partial charge < -0.3 is 10.3 Å². The van der Waals surface area contributed by atoms with Gasteiger partial charge in [0.2, 0.25) is 5.95 Å². The Balaban J connectivity index is 1.87. The van der Waals surface area contributed by atoms with E-state index in [9.17, 15) is 0 Å². The SMILES string of the molecule is Nc1nccc(Sc2nnc3n2CCCCC3)n1. The molecule has 0 saturated heterocycles. The van der Waals surface area contributed by atoms with Crippen molar-refractivity contribution in [3.63, 3.8) is 0 Å². The van der Waals surface area contributed by atoms with E-state index in [1.807, 2.05) is 6.07 Å². The second-order valence-electron chi connectivity index (χ2n) is 4.22. The Morgan fingerprint density at radius 2 is 2.17 bits per heavy atom. The molecule has 3 heterocycles. The molecular weight excluding hydrogens is 248 g/mol. The molecule has 94 valence electrons. The van der Waals surface area contributed by atoms with Gasteiger partial charge in [-0.2, -0.15) is 0 Å². The average Bonchev–Trinajstić information content (AvgIpc) is 2.60. The van der Waals surface area contributed by atoms with Crippen LogP contribution in [-0.4, -0.2) is 24.7 Å². The number of anilines is 1. The van der Waals surface area contributed by atoms with Gasteiger partial charge >= 0.3 is 0 Å². The number of hydrogen-bond donors (Lipinski definition) is 1. The average molecular weight is 262 g/mol. The van der Waals surface area contributed by atoms with Crippen molar-refractivity contribution >= 4 is 17.7 Å². The first kappa shape index (κ1) is 11.5. The lowest BCUT2D eigenvalue weighted by Crippen LogP contribution is -2.02. The number of nitrogen functional groups attached to an aromatic ring is 1. The molecule has 0 aliphatic carbocycles. The first-order valence-electron chi connectivity index (χ1n) is 6.01. The van der Waals surface area contributed by atoms with E-state index in [0.29, 0.717) is 0 Å². The summed E-state index contributed by atoms with van der Waals surface area (Å²) in [5.41, 5.74) is 5.57. The fourth-order valence-electron chi connectivity index (χ4n) is 2.04. The van der Waals surface area contributed by atoms with Gasteiger partial charge in [-0.1, -0.05) is 6.42 Å². The van der Waals surface area contributed by atoms with Gasteiger partial charge in [-0.15, -0.1) is 10.2 Å². The van der Waals surface area contributed by atoms with E-state index in [0.717, 1.165) is 29.0 Å². The van der Waals surface area contributed by atoms with Gasteiger partial charge in [-0.3, -0.25) is 0 Å². The number of aromatic nitrogens is 5. The van der Waals surface area contributed by atoms with Crippen LogP contribution in [-0.2, 0) is 13.0 Å². The van der Waals surface area contributed by atoms with Gasteiger partial charge in [-0.25, -0.2) is 9.97 Å². The highest BCUT2D eigenvalue weighted by Crippen LogP contribution is 2.27. The summed E-state index contributed by atoms with van der Waals surface area (Å²) in [5.74, 6) is 1.37. The monoisotopic (exact) mass is 262 g/mol. The van der Waals surface area contributed by atoms with Crippen LogP contribution in [0.2, 0.25) is 0 Å². The van der Waals surface area contributed by atoms with E-state index in [1.54, 1.807) is 6.20 Å². The molecule has 0 spiro atoms. The summed E-state index contributed by atoms with van der Waals surface area (Å²) < 4.78 is 2.19. The standard InChI is InChI=1S/C11H14N6S/c12-10-13-6-5-9(14-10)18-11-16-15-8-4-2-1-3-7-17(8)11/h5-6H,1-4,7H2,(H2,12,13,14). The maximum atomic E-state index is 5.57. The number of nitrogens with zero attached hydrogens (tertiary/aromatic N) is 5. The van der Waals surface area contributed by atoms with Crippen molar-refractivity contribution in [2.45, 2.75) is 42.4 Å². The van der Waals surface area contributed by atoms with Gasteiger partial charge in [-0.05, 0) is 30.7 Å². The minimum atomic E-state index is 0.288. The highest BCUT2D eigenvalue weighted by atomic mass is 32.2. The van der Waals surface area contributed by atoms with Crippen LogP contribution < -0.4 is 5.73 Å². The Hall–Kier alpha value is -1.63. The number of rotatable bonds is 2. The topological polar surface area (TPSA) is 82.5 Å². The Labute approximate surface area is 109 Å². The molecule has 0 saturated carbocycles. The van der Waals surface area contributed by atoms with Crippen LogP contribution in [0.4, 0.5) is 5.95 Å². The summed E-state index contributed by atoms with van der Waals surface area (Å²) >= 11 is 1.49. The van der Waals surface area contributed by atoms with Gasteiger partial charge in [0, 0.05) is 19.2 Å². The first-order chi connectivity index (χ1) is 8.83. The van der Waals surface area contributed by atoms with E-state index in [4.69, 9.17) is 5.73 Å². The fraction of sp³-hybridized carbons (Fsp3) is 0.455. The quantitative estimate of drug-likeness (QED) is 0.826. The summed E-state index contributed by atoms with van der Waals surface area (Å²) in [6.07, 6.45) is 6.31. The highest BCUT2D eigenvalue weighted by molar-refractivity contribution is 7.99. The molecule has 2 N–H and O–H groups in total. The lowest BCUT2D eigenvalue weighted by Gasteiger charge is -2.05. The predicted octanol–water partition coefficient (Wildman–Crippen LogP) is 1.53. The molecular formula is C11H14N6S. The van der Waals surface area contributed by atoms with Crippen molar-refractivity contribution in [2.24, 2.45) is 0 Å². The van der Waals surface area contributed by atoms with Crippen LogP contribution in [0.1, 0.15) is 25.1 Å². The summed E-state index contributed by atoms with van der Waals surface area (Å²) in [5, 5.41) is 10.2. The number of hydrogen-bond acceptors (Lipinski definition) is 6. The Morgan fingerprint density at radius 1 is 1.22 bits per heavy atom. The maximum absolute atomic E-state index is 5.57. The molecule has 0 atom stereocenters. The molecule has 0 aromatic carbocycles. The molecule has 0 radical (unpaired) electrons. The Kier molecular flexibility index (Phi) is 3.14. The summed E-state index contributed by atoms with van der Waals surface area (Å²) in [6.45, 7) is 0.991. The molecule has 0 fully saturated rings. The zero-order valence-corrected chi connectivity index (χ0v) is 10.7. The van der Waals surface area contributed by atoms with E-state index >= 15 is 0 Å². The second-order valence-corrected chi connectivity index (χ2v) is 5.20. The summed E-state index contributed by atoms with van der Waals surface area (Å²) in [7, 11) is 0. The smallest absolute Gasteiger partial charge is 0.221 e. The van der Waals surface area contributed by atoms with Crippen molar-refractivity contribution in [1.29, 1.82) is 0 Å². The molecule has 6 nitrogen and oxygen atoms in total. The lowest BCUT2D eigenvalue weighted by molar-refractivity contribution is 0.590. The Bertz CT molecular complexity index is 552. The molecule has 1 aliphatic heterocycles. The van der Waals surface area contributed by atoms with Crippen LogP contribution >= 0.6 is 11.8 Å². The van der Waals surface area contributed by atoms with Crippen LogP contribution in [0.15, 0.2) is 22.4 Å². The zero-order valence-electron chi connectivity index (χ0n) is 9.91. The minimum Gasteiger partial charge on any atom is -0.368 e. The van der Waals surface area contributed by atoms with Crippen molar-refractivity contribution < 1.29 is 0 Å². The van der Waals surface area contributed by atoms with Crippen molar-refractivity contribution in [1.82, 2.24) is 24.7 Å². The van der Waals surface area contributed by atoms with Crippen molar-refractivity contribution in [3.05, 3.63) is 18.1 Å². The highest BCUT2D eigenvalue weighted by Gasteiger charge is 2.15. The van der Waals surface area contributed by atoms with Gasteiger partial charge in [0.25, 0.3) is 0 Å². The fourth-order valence-corrected chi connectivity index (χ4v) is 2.88. The summed E-state index contributed by atoms with van der Waals surface area (Å²) in [6, 6.07) is 1.83. The third kappa shape index (κ3) is 2.31. The van der Waals surface area contributed by atoms with Crippen LogP contribution in [0, 0.1) is 0 Å². The number of aryl methyl sites for hydroxylation is 1. The third-order valence-corrected chi connectivity index (χ3v) is 3.84. The van der Waals surface area contributed by atoms with E-state index in [2.05, 4.69) is 24.7 Å². The molecule has 1 aliphatic rings.